The fourth-order valence-corrected chi connectivity index (χ4v) is 2.25. The van der Waals surface area contributed by atoms with Gasteiger partial charge in [-0.05, 0) is 19.1 Å². The molecular formula is C12H16ClN3. The lowest BCUT2D eigenvalue weighted by atomic mass is 10.2. The number of amidine groups is 1. The minimum Gasteiger partial charge on any atom is -0.367 e. The summed E-state index contributed by atoms with van der Waals surface area (Å²) in [7, 11) is 0. The van der Waals surface area contributed by atoms with E-state index in [1.807, 2.05) is 25.1 Å². The molecule has 1 aromatic rings. The first kappa shape index (κ1) is 11.3. The molecule has 3 nitrogen and oxygen atoms in total. The zero-order chi connectivity index (χ0) is 11.5. The van der Waals surface area contributed by atoms with Gasteiger partial charge in [-0.2, -0.15) is 0 Å². The molecule has 0 amide bonds. The van der Waals surface area contributed by atoms with Gasteiger partial charge in [0.1, 0.15) is 0 Å². The Bertz CT molecular complexity index is 384. The van der Waals surface area contributed by atoms with Crippen LogP contribution in [0.2, 0.25) is 5.02 Å². The maximum Gasteiger partial charge on any atom is 0.0927 e. The van der Waals surface area contributed by atoms with Crippen molar-refractivity contribution in [3.63, 3.8) is 0 Å². The predicted octanol–water partition coefficient (Wildman–Crippen LogP) is 2.46. The smallest absolute Gasteiger partial charge is 0.0927 e. The number of nitrogens with one attached hydrogen (secondary N) is 1. The maximum atomic E-state index is 7.58. The second-order valence-electron chi connectivity index (χ2n) is 4.01. The first-order valence-corrected chi connectivity index (χ1v) is 5.86. The van der Waals surface area contributed by atoms with Crippen LogP contribution in [-0.2, 0) is 0 Å². The minimum atomic E-state index is 0.652. The minimum absolute atomic E-state index is 0.652. The molecule has 1 aliphatic rings. The van der Waals surface area contributed by atoms with Gasteiger partial charge in [0.2, 0.25) is 0 Å². The molecule has 2 rings (SSSR count). The molecule has 1 heterocycles. The number of anilines is 1. The first-order valence-electron chi connectivity index (χ1n) is 5.48. The maximum absolute atomic E-state index is 7.58. The van der Waals surface area contributed by atoms with E-state index in [1.165, 1.54) is 0 Å². The molecule has 0 radical (unpaired) electrons. The number of hydrogen-bond acceptors (Lipinski definition) is 2. The number of halogens is 1. The third kappa shape index (κ3) is 2.30. The molecule has 86 valence electrons. The molecular weight excluding hydrogens is 222 g/mol. The highest BCUT2D eigenvalue weighted by Gasteiger charge is 2.18. The Morgan fingerprint density at radius 1 is 1.19 bits per heavy atom. The van der Waals surface area contributed by atoms with E-state index >= 15 is 0 Å². The zero-order valence-electron chi connectivity index (χ0n) is 9.41. The fourth-order valence-electron chi connectivity index (χ4n) is 1.99. The Hall–Kier alpha value is -1.22. The molecule has 0 saturated carbocycles. The van der Waals surface area contributed by atoms with Crippen LogP contribution in [0.3, 0.4) is 0 Å². The molecule has 4 heteroatoms. The SMILES string of the molecule is CC(=N)N1CCN(c2ccccc2Cl)CC1. The summed E-state index contributed by atoms with van der Waals surface area (Å²) in [6.07, 6.45) is 0. The lowest BCUT2D eigenvalue weighted by Crippen LogP contribution is -2.48. The molecule has 0 aliphatic carbocycles. The van der Waals surface area contributed by atoms with E-state index in [4.69, 9.17) is 17.0 Å². The molecule has 1 aromatic carbocycles. The second-order valence-corrected chi connectivity index (χ2v) is 4.42. The van der Waals surface area contributed by atoms with Crippen molar-refractivity contribution in [1.29, 1.82) is 5.41 Å². The van der Waals surface area contributed by atoms with Crippen molar-refractivity contribution in [2.45, 2.75) is 6.92 Å². The van der Waals surface area contributed by atoms with Crippen LogP contribution in [0.15, 0.2) is 24.3 Å². The molecule has 0 spiro atoms. The molecule has 16 heavy (non-hydrogen) atoms. The Labute approximate surface area is 101 Å². The number of rotatable bonds is 1. The average Bonchev–Trinajstić information content (AvgIpc) is 2.30. The van der Waals surface area contributed by atoms with Crippen molar-refractivity contribution < 1.29 is 0 Å². The van der Waals surface area contributed by atoms with Crippen LogP contribution < -0.4 is 4.90 Å². The molecule has 1 fully saturated rings. The van der Waals surface area contributed by atoms with Gasteiger partial charge >= 0.3 is 0 Å². The van der Waals surface area contributed by atoms with Crippen molar-refractivity contribution in [2.75, 3.05) is 31.1 Å². The largest absolute Gasteiger partial charge is 0.367 e. The molecule has 0 atom stereocenters. The number of nitrogens with zero attached hydrogens (tertiary/aromatic N) is 2. The number of hydrogen-bond donors (Lipinski definition) is 1. The highest BCUT2D eigenvalue weighted by atomic mass is 35.5. The molecule has 0 aromatic heterocycles. The third-order valence-corrected chi connectivity index (χ3v) is 3.27. The van der Waals surface area contributed by atoms with Gasteiger partial charge in [0, 0.05) is 26.2 Å². The average molecular weight is 238 g/mol. The topological polar surface area (TPSA) is 30.3 Å². The zero-order valence-corrected chi connectivity index (χ0v) is 10.2. The van der Waals surface area contributed by atoms with Crippen molar-refractivity contribution in [3.05, 3.63) is 29.3 Å². The van der Waals surface area contributed by atoms with Gasteiger partial charge in [-0.1, -0.05) is 23.7 Å². The Morgan fingerprint density at radius 3 is 2.38 bits per heavy atom. The number of piperazine rings is 1. The standard InChI is InChI=1S/C12H16ClN3/c1-10(14)15-6-8-16(9-7-15)12-5-3-2-4-11(12)13/h2-5,14H,6-9H2,1H3. The Balaban J connectivity index is 2.05. The highest BCUT2D eigenvalue weighted by molar-refractivity contribution is 6.33. The van der Waals surface area contributed by atoms with E-state index < -0.39 is 0 Å². The van der Waals surface area contributed by atoms with Crippen molar-refractivity contribution in [1.82, 2.24) is 4.90 Å². The lowest BCUT2D eigenvalue weighted by Gasteiger charge is -2.37. The molecule has 0 unspecified atom stereocenters. The highest BCUT2D eigenvalue weighted by Crippen LogP contribution is 2.25. The predicted molar refractivity (Wildman–Crippen MR) is 68.6 cm³/mol. The van der Waals surface area contributed by atoms with Gasteiger partial charge in [-0.15, -0.1) is 0 Å². The fraction of sp³-hybridized carbons (Fsp3) is 0.417. The van der Waals surface area contributed by atoms with Gasteiger partial charge in [0.15, 0.2) is 0 Å². The summed E-state index contributed by atoms with van der Waals surface area (Å²) >= 11 is 6.16. The summed E-state index contributed by atoms with van der Waals surface area (Å²) in [6.45, 7) is 5.51. The van der Waals surface area contributed by atoms with Crippen LogP contribution in [0, 0.1) is 5.41 Å². The van der Waals surface area contributed by atoms with Crippen molar-refractivity contribution in [3.8, 4) is 0 Å². The number of benzene rings is 1. The summed E-state index contributed by atoms with van der Waals surface area (Å²) in [5.74, 6) is 0.652. The van der Waals surface area contributed by atoms with Crippen LogP contribution in [0.1, 0.15) is 6.92 Å². The second kappa shape index (κ2) is 4.74. The normalized spacial score (nSPS) is 16.4. The first-order chi connectivity index (χ1) is 7.68. The van der Waals surface area contributed by atoms with Gasteiger partial charge in [-0.3, -0.25) is 5.41 Å². The lowest BCUT2D eigenvalue weighted by molar-refractivity contribution is 0.382. The Morgan fingerprint density at radius 2 is 1.81 bits per heavy atom. The van der Waals surface area contributed by atoms with Gasteiger partial charge in [0.05, 0.1) is 16.5 Å². The van der Waals surface area contributed by atoms with E-state index in [9.17, 15) is 0 Å². The summed E-state index contributed by atoms with van der Waals surface area (Å²) in [6, 6.07) is 7.93. The quantitative estimate of drug-likeness (QED) is 0.601. The van der Waals surface area contributed by atoms with Crippen LogP contribution in [0.25, 0.3) is 0 Å². The number of para-hydroxylation sites is 1. The third-order valence-electron chi connectivity index (χ3n) is 2.95. The van der Waals surface area contributed by atoms with Crippen LogP contribution in [0.5, 0.6) is 0 Å². The monoisotopic (exact) mass is 237 g/mol. The van der Waals surface area contributed by atoms with Gasteiger partial charge in [-0.25, -0.2) is 0 Å². The summed E-state index contributed by atoms with van der Waals surface area (Å²) in [5.41, 5.74) is 1.10. The van der Waals surface area contributed by atoms with Gasteiger partial charge in [0.25, 0.3) is 0 Å². The van der Waals surface area contributed by atoms with Crippen LogP contribution >= 0.6 is 11.6 Å². The van der Waals surface area contributed by atoms with Crippen molar-refractivity contribution >= 4 is 23.1 Å². The van der Waals surface area contributed by atoms with E-state index in [-0.39, 0.29) is 0 Å². The molecule has 1 aliphatic heterocycles. The summed E-state index contributed by atoms with van der Waals surface area (Å²) in [4.78, 5) is 4.37. The Kier molecular flexibility index (Phi) is 3.34. The molecule has 1 N–H and O–H groups in total. The van der Waals surface area contributed by atoms with E-state index in [0.29, 0.717) is 5.84 Å². The molecule has 1 saturated heterocycles. The van der Waals surface area contributed by atoms with Crippen LogP contribution in [0.4, 0.5) is 5.69 Å². The van der Waals surface area contributed by atoms with Gasteiger partial charge < -0.3 is 9.80 Å². The van der Waals surface area contributed by atoms with E-state index in [1.54, 1.807) is 0 Å². The van der Waals surface area contributed by atoms with E-state index in [2.05, 4.69) is 15.9 Å². The summed E-state index contributed by atoms with van der Waals surface area (Å²) < 4.78 is 0. The van der Waals surface area contributed by atoms with Crippen LogP contribution in [-0.4, -0.2) is 36.9 Å². The van der Waals surface area contributed by atoms with Crippen molar-refractivity contribution in [2.24, 2.45) is 0 Å². The van der Waals surface area contributed by atoms with E-state index in [0.717, 1.165) is 36.9 Å². The molecule has 0 bridgehead atoms. The summed E-state index contributed by atoms with van der Waals surface area (Å²) in [5, 5.41) is 8.39.